The minimum atomic E-state index is -4.90. The van der Waals surface area contributed by atoms with Crippen molar-refractivity contribution in [3.8, 4) is 17.4 Å². The van der Waals surface area contributed by atoms with E-state index in [-0.39, 0.29) is 22.9 Å². The molecule has 0 aliphatic heterocycles. The van der Waals surface area contributed by atoms with Gasteiger partial charge >= 0.3 is 6.18 Å². The Bertz CT molecular complexity index is 1190. The number of anilines is 1. The van der Waals surface area contributed by atoms with E-state index in [1.807, 2.05) is 0 Å². The molecular weight excluding hydrogens is 438 g/mol. The molecule has 2 heterocycles. The van der Waals surface area contributed by atoms with Gasteiger partial charge in [-0.3, -0.25) is 14.6 Å². The van der Waals surface area contributed by atoms with Crippen LogP contribution in [-0.4, -0.2) is 34.1 Å². The molecule has 0 saturated heterocycles. The Kier molecular flexibility index (Phi) is 6.18. The van der Waals surface area contributed by atoms with Crippen molar-refractivity contribution in [3.63, 3.8) is 0 Å². The molecule has 3 aromatic rings. The smallest absolute Gasteiger partial charge is 0.435 e. The normalized spacial score (nSPS) is 11.0. The number of nitrogens with two attached hydrogens (primary N) is 1. The summed E-state index contributed by atoms with van der Waals surface area (Å²) in [5.74, 6) is -3.44. The molecule has 3 rings (SSSR count). The standard InChI is InChI=1S/C19H13F4N5O4/c1-31-14-6-9(20)2-3-13(14)32-18-11(8-15(27-28-18)19(21,22)23)17(30)26-10-4-5-25-12(7-10)16(24)29/h2-8H,1H3,(H2,24,29)(H,25,26,30). The molecule has 0 unspecified atom stereocenters. The molecule has 2 amide bonds. The van der Waals surface area contributed by atoms with Gasteiger partial charge in [0.1, 0.15) is 17.1 Å². The Balaban J connectivity index is 2.01. The Morgan fingerprint density at radius 1 is 1.06 bits per heavy atom. The number of methoxy groups -OCH3 is 1. The van der Waals surface area contributed by atoms with Crippen molar-refractivity contribution in [3.05, 3.63) is 65.4 Å². The molecule has 0 aliphatic rings. The van der Waals surface area contributed by atoms with Gasteiger partial charge in [0.2, 0.25) is 0 Å². The molecule has 0 atom stereocenters. The van der Waals surface area contributed by atoms with Gasteiger partial charge in [0.15, 0.2) is 17.2 Å². The van der Waals surface area contributed by atoms with Crippen LogP contribution >= 0.6 is 0 Å². The van der Waals surface area contributed by atoms with E-state index in [1.54, 1.807) is 0 Å². The lowest BCUT2D eigenvalue weighted by Gasteiger charge is -2.14. The summed E-state index contributed by atoms with van der Waals surface area (Å²) in [7, 11) is 1.22. The third kappa shape index (κ3) is 5.06. The molecule has 0 fully saturated rings. The van der Waals surface area contributed by atoms with E-state index in [4.69, 9.17) is 15.2 Å². The monoisotopic (exact) mass is 451 g/mol. The van der Waals surface area contributed by atoms with Crippen LogP contribution in [0.3, 0.4) is 0 Å². The zero-order valence-corrected chi connectivity index (χ0v) is 16.1. The first kappa shape index (κ1) is 22.4. The second-order valence-electron chi connectivity index (χ2n) is 6.09. The fraction of sp³-hybridized carbons (Fsp3) is 0.105. The summed E-state index contributed by atoms with van der Waals surface area (Å²) in [4.78, 5) is 27.7. The molecule has 166 valence electrons. The number of nitrogens with one attached hydrogen (secondary N) is 1. The number of alkyl halides is 3. The average molecular weight is 451 g/mol. The van der Waals surface area contributed by atoms with Gasteiger partial charge in [0.05, 0.1) is 7.11 Å². The lowest BCUT2D eigenvalue weighted by Crippen LogP contribution is -2.19. The molecule has 1 aromatic carbocycles. The highest BCUT2D eigenvalue weighted by Crippen LogP contribution is 2.35. The number of benzene rings is 1. The van der Waals surface area contributed by atoms with Crippen LogP contribution in [-0.2, 0) is 6.18 Å². The van der Waals surface area contributed by atoms with Crippen molar-refractivity contribution in [2.75, 3.05) is 12.4 Å². The number of pyridine rings is 1. The highest BCUT2D eigenvalue weighted by molar-refractivity contribution is 6.06. The number of primary amides is 1. The molecule has 32 heavy (non-hydrogen) atoms. The van der Waals surface area contributed by atoms with Crippen LogP contribution in [0.2, 0.25) is 0 Å². The zero-order chi connectivity index (χ0) is 23.5. The van der Waals surface area contributed by atoms with Crippen molar-refractivity contribution < 1.29 is 36.6 Å². The Hall–Kier alpha value is -4.29. The summed E-state index contributed by atoms with van der Waals surface area (Å²) in [6.07, 6.45) is -3.73. The number of aromatic nitrogens is 3. The van der Waals surface area contributed by atoms with Crippen LogP contribution in [0.15, 0.2) is 42.6 Å². The van der Waals surface area contributed by atoms with Gasteiger partial charge in [-0.15, -0.1) is 10.2 Å². The van der Waals surface area contributed by atoms with E-state index in [2.05, 4.69) is 20.5 Å². The first-order valence-corrected chi connectivity index (χ1v) is 8.62. The van der Waals surface area contributed by atoms with E-state index in [0.29, 0.717) is 6.07 Å². The van der Waals surface area contributed by atoms with Gasteiger partial charge in [0, 0.05) is 18.0 Å². The fourth-order valence-electron chi connectivity index (χ4n) is 2.43. The molecule has 0 saturated carbocycles. The maximum atomic E-state index is 13.4. The summed E-state index contributed by atoms with van der Waals surface area (Å²) < 4.78 is 63.1. The summed E-state index contributed by atoms with van der Waals surface area (Å²) in [5.41, 5.74) is 2.87. The number of amides is 2. The lowest BCUT2D eigenvalue weighted by atomic mass is 10.2. The average Bonchev–Trinajstić information content (AvgIpc) is 2.74. The summed E-state index contributed by atoms with van der Waals surface area (Å²) >= 11 is 0. The molecule has 9 nitrogen and oxygen atoms in total. The van der Waals surface area contributed by atoms with Crippen molar-refractivity contribution >= 4 is 17.5 Å². The van der Waals surface area contributed by atoms with E-state index in [0.717, 1.165) is 24.3 Å². The van der Waals surface area contributed by atoms with Gasteiger partial charge in [-0.25, -0.2) is 4.39 Å². The van der Waals surface area contributed by atoms with E-state index < -0.39 is 40.9 Å². The second kappa shape index (κ2) is 8.83. The van der Waals surface area contributed by atoms with E-state index >= 15 is 0 Å². The van der Waals surface area contributed by atoms with Gasteiger partial charge in [-0.1, -0.05) is 0 Å². The summed E-state index contributed by atoms with van der Waals surface area (Å²) in [6.45, 7) is 0. The second-order valence-corrected chi connectivity index (χ2v) is 6.09. The van der Waals surface area contributed by atoms with Crippen molar-refractivity contribution in [1.29, 1.82) is 0 Å². The molecule has 0 radical (unpaired) electrons. The van der Waals surface area contributed by atoms with Gasteiger partial charge < -0.3 is 20.5 Å². The first-order valence-electron chi connectivity index (χ1n) is 8.62. The van der Waals surface area contributed by atoms with Crippen LogP contribution in [0, 0.1) is 5.82 Å². The van der Waals surface area contributed by atoms with E-state index in [1.165, 1.54) is 19.4 Å². The number of ether oxygens (including phenoxy) is 2. The van der Waals surface area contributed by atoms with Crippen LogP contribution < -0.4 is 20.5 Å². The van der Waals surface area contributed by atoms with Crippen LogP contribution in [0.25, 0.3) is 0 Å². The quantitative estimate of drug-likeness (QED) is 0.551. The maximum Gasteiger partial charge on any atom is 0.435 e. The van der Waals surface area contributed by atoms with Crippen molar-refractivity contribution in [2.45, 2.75) is 6.18 Å². The van der Waals surface area contributed by atoms with Crippen molar-refractivity contribution in [2.24, 2.45) is 5.73 Å². The molecular formula is C19H13F4N5O4. The number of rotatable bonds is 6. The summed E-state index contributed by atoms with van der Waals surface area (Å²) in [5, 5.41) is 8.70. The first-order chi connectivity index (χ1) is 15.1. The third-order valence-electron chi connectivity index (χ3n) is 3.90. The number of hydrogen-bond donors (Lipinski definition) is 2. The molecule has 0 aliphatic carbocycles. The minimum Gasteiger partial charge on any atom is -0.493 e. The minimum absolute atomic E-state index is 0.0227. The number of halogens is 4. The maximum absolute atomic E-state index is 13.4. The molecule has 0 bridgehead atoms. The zero-order valence-electron chi connectivity index (χ0n) is 16.1. The number of nitrogens with zero attached hydrogens (tertiary/aromatic N) is 3. The molecule has 13 heteroatoms. The highest BCUT2D eigenvalue weighted by Gasteiger charge is 2.35. The predicted octanol–water partition coefficient (Wildman–Crippen LogP) is 3.18. The van der Waals surface area contributed by atoms with Gasteiger partial charge in [0.25, 0.3) is 17.7 Å². The Morgan fingerprint density at radius 2 is 1.81 bits per heavy atom. The largest absolute Gasteiger partial charge is 0.493 e. The number of hydrogen-bond acceptors (Lipinski definition) is 7. The van der Waals surface area contributed by atoms with Gasteiger partial charge in [-0.05, 0) is 30.3 Å². The molecule has 0 spiro atoms. The molecule has 2 aromatic heterocycles. The number of carbonyl (C=O) groups is 2. The fourth-order valence-corrected chi connectivity index (χ4v) is 2.43. The lowest BCUT2D eigenvalue weighted by molar-refractivity contribution is -0.141. The van der Waals surface area contributed by atoms with Crippen LogP contribution in [0.1, 0.15) is 26.5 Å². The predicted molar refractivity (Wildman–Crippen MR) is 101 cm³/mol. The topological polar surface area (TPSA) is 129 Å². The van der Waals surface area contributed by atoms with Crippen LogP contribution in [0.4, 0.5) is 23.2 Å². The third-order valence-corrected chi connectivity index (χ3v) is 3.90. The van der Waals surface area contributed by atoms with Crippen LogP contribution in [0.5, 0.6) is 17.4 Å². The van der Waals surface area contributed by atoms with Gasteiger partial charge in [-0.2, -0.15) is 13.2 Å². The SMILES string of the molecule is COc1cc(F)ccc1Oc1nnc(C(F)(F)F)cc1C(=O)Nc1ccnc(C(N)=O)c1. The number of carbonyl (C=O) groups excluding carboxylic acids is 2. The Labute approximate surface area is 177 Å². The molecule has 3 N–H and O–H groups in total. The highest BCUT2D eigenvalue weighted by atomic mass is 19.4. The van der Waals surface area contributed by atoms with E-state index in [9.17, 15) is 27.2 Å². The van der Waals surface area contributed by atoms with Crippen molar-refractivity contribution in [1.82, 2.24) is 15.2 Å². The Morgan fingerprint density at radius 3 is 2.47 bits per heavy atom. The summed E-state index contributed by atoms with van der Waals surface area (Å²) in [6, 6.07) is 5.96.